The van der Waals surface area contributed by atoms with E-state index in [-0.39, 0.29) is 11.4 Å². The molecule has 2 saturated heterocycles. The molecule has 0 aromatic heterocycles. The van der Waals surface area contributed by atoms with Crippen LogP contribution in [-0.4, -0.2) is 74.3 Å². The highest BCUT2D eigenvalue weighted by atomic mass is 16.5. The van der Waals surface area contributed by atoms with Crippen molar-refractivity contribution in [3.8, 4) is 5.75 Å². The van der Waals surface area contributed by atoms with Crippen molar-refractivity contribution < 1.29 is 14.3 Å². The quantitative estimate of drug-likeness (QED) is 0.742. The minimum absolute atomic E-state index is 0.123. The molecule has 0 spiro atoms. The van der Waals surface area contributed by atoms with Crippen molar-refractivity contribution >= 4 is 5.91 Å². The number of methoxy groups -OCH3 is 1. The maximum absolute atomic E-state index is 12.9. The maximum atomic E-state index is 12.9. The van der Waals surface area contributed by atoms with Crippen LogP contribution in [0.25, 0.3) is 0 Å². The first kappa shape index (κ1) is 21.6. The van der Waals surface area contributed by atoms with Gasteiger partial charge in [-0.25, -0.2) is 0 Å². The first-order valence-corrected chi connectivity index (χ1v) is 11.7. The number of likely N-dealkylation sites (tertiary alicyclic amines) is 1. The van der Waals surface area contributed by atoms with E-state index in [4.69, 9.17) is 9.47 Å². The number of nitrogens with one attached hydrogen (secondary N) is 1. The number of nitrogens with zero attached hydrogens (tertiary/aromatic N) is 2. The Morgan fingerprint density at radius 1 is 1.10 bits per heavy atom. The van der Waals surface area contributed by atoms with Crippen LogP contribution in [0, 0.1) is 0 Å². The largest absolute Gasteiger partial charge is 0.497 e. The van der Waals surface area contributed by atoms with Gasteiger partial charge in [-0.1, -0.05) is 31.4 Å². The molecule has 3 fully saturated rings. The van der Waals surface area contributed by atoms with Crippen molar-refractivity contribution in [2.45, 2.75) is 56.5 Å². The minimum Gasteiger partial charge on any atom is -0.497 e. The number of benzene rings is 1. The Balaban J connectivity index is 1.34. The van der Waals surface area contributed by atoms with Gasteiger partial charge in [0.05, 0.1) is 26.9 Å². The van der Waals surface area contributed by atoms with Gasteiger partial charge in [0.15, 0.2) is 0 Å². The summed E-state index contributed by atoms with van der Waals surface area (Å²) in [7, 11) is 1.69. The number of rotatable bonds is 7. The zero-order valence-corrected chi connectivity index (χ0v) is 18.4. The van der Waals surface area contributed by atoms with E-state index in [0.29, 0.717) is 12.6 Å². The lowest BCUT2D eigenvalue weighted by molar-refractivity contribution is -0.123. The summed E-state index contributed by atoms with van der Waals surface area (Å²) in [6, 6.07) is 8.62. The second kappa shape index (κ2) is 10.1. The predicted octanol–water partition coefficient (Wildman–Crippen LogP) is 2.98. The summed E-state index contributed by atoms with van der Waals surface area (Å²) in [6.07, 6.45) is 8.46. The van der Waals surface area contributed by atoms with Gasteiger partial charge >= 0.3 is 0 Å². The fourth-order valence-corrected chi connectivity index (χ4v) is 5.57. The Hall–Kier alpha value is -1.63. The third-order valence-corrected chi connectivity index (χ3v) is 7.29. The standard InChI is InChI=1S/C24H37N3O3/c1-29-21-9-7-20(8-10-21)22-6-5-13-26(22)18-23(28)25-19-24(11-3-2-4-12-24)27-14-16-30-17-15-27/h7-10,22H,2-6,11-19H2,1H3,(H,25,28). The molecule has 1 saturated carbocycles. The van der Waals surface area contributed by atoms with Crippen LogP contribution in [0.5, 0.6) is 5.75 Å². The topological polar surface area (TPSA) is 54.0 Å². The van der Waals surface area contributed by atoms with E-state index in [9.17, 15) is 4.79 Å². The van der Waals surface area contributed by atoms with Crippen LogP contribution in [0.4, 0.5) is 0 Å². The zero-order chi connectivity index (χ0) is 20.8. The lowest BCUT2D eigenvalue weighted by Gasteiger charge is -2.48. The van der Waals surface area contributed by atoms with Crippen molar-refractivity contribution in [2.75, 3.05) is 53.0 Å². The van der Waals surface area contributed by atoms with Gasteiger partial charge < -0.3 is 14.8 Å². The van der Waals surface area contributed by atoms with Crippen molar-refractivity contribution in [2.24, 2.45) is 0 Å². The van der Waals surface area contributed by atoms with Crippen molar-refractivity contribution in [1.82, 2.24) is 15.1 Å². The highest BCUT2D eigenvalue weighted by molar-refractivity contribution is 5.78. The maximum Gasteiger partial charge on any atom is 0.234 e. The van der Waals surface area contributed by atoms with Crippen LogP contribution in [-0.2, 0) is 9.53 Å². The van der Waals surface area contributed by atoms with Crippen molar-refractivity contribution in [1.29, 1.82) is 0 Å². The van der Waals surface area contributed by atoms with Gasteiger partial charge in [0, 0.05) is 31.2 Å². The van der Waals surface area contributed by atoms with Gasteiger partial charge in [0.1, 0.15) is 5.75 Å². The Bertz CT molecular complexity index is 681. The van der Waals surface area contributed by atoms with Crippen LogP contribution in [0.15, 0.2) is 24.3 Å². The van der Waals surface area contributed by atoms with Crippen LogP contribution in [0.1, 0.15) is 56.6 Å². The molecule has 2 aliphatic heterocycles. The molecule has 1 unspecified atom stereocenters. The van der Waals surface area contributed by atoms with Gasteiger partial charge in [-0.2, -0.15) is 0 Å². The molecule has 166 valence electrons. The number of morpholine rings is 1. The first-order chi connectivity index (χ1) is 14.7. The van der Waals surface area contributed by atoms with Gasteiger partial charge in [-0.3, -0.25) is 14.6 Å². The summed E-state index contributed by atoms with van der Waals surface area (Å²) in [5, 5.41) is 3.32. The Kier molecular flexibility index (Phi) is 7.28. The molecule has 0 radical (unpaired) electrons. The SMILES string of the molecule is COc1ccc(C2CCCN2CC(=O)NCC2(N3CCOCC3)CCCCC2)cc1. The van der Waals surface area contributed by atoms with Gasteiger partial charge in [0.2, 0.25) is 5.91 Å². The molecule has 30 heavy (non-hydrogen) atoms. The number of hydrogen-bond donors (Lipinski definition) is 1. The number of carbonyl (C=O) groups excluding carboxylic acids is 1. The third kappa shape index (κ3) is 4.98. The molecule has 1 aromatic rings. The summed E-state index contributed by atoms with van der Waals surface area (Å²) in [5.41, 5.74) is 1.40. The molecule has 1 amide bonds. The zero-order valence-electron chi connectivity index (χ0n) is 18.4. The molecular formula is C24H37N3O3. The first-order valence-electron chi connectivity index (χ1n) is 11.7. The molecule has 1 atom stereocenters. The fourth-order valence-electron chi connectivity index (χ4n) is 5.57. The fraction of sp³-hybridized carbons (Fsp3) is 0.708. The Labute approximate surface area is 180 Å². The average Bonchev–Trinajstić information content (AvgIpc) is 3.27. The molecule has 3 aliphatic rings. The normalized spacial score (nSPS) is 25.2. The van der Waals surface area contributed by atoms with E-state index >= 15 is 0 Å². The number of ether oxygens (including phenoxy) is 2. The van der Waals surface area contributed by atoms with Crippen LogP contribution >= 0.6 is 0 Å². The second-order valence-corrected chi connectivity index (χ2v) is 9.06. The molecule has 6 heteroatoms. The van der Waals surface area contributed by atoms with E-state index in [1.54, 1.807) is 7.11 Å². The second-order valence-electron chi connectivity index (χ2n) is 9.06. The molecule has 1 aliphatic carbocycles. The molecule has 6 nitrogen and oxygen atoms in total. The Morgan fingerprint density at radius 3 is 2.53 bits per heavy atom. The highest BCUT2D eigenvalue weighted by Crippen LogP contribution is 2.34. The average molecular weight is 416 g/mol. The smallest absolute Gasteiger partial charge is 0.234 e. The number of hydrogen-bond acceptors (Lipinski definition) is 5. The molecule has 1 N–H and O–H groups in total. The third-order valence-electron chi connectivity index (χ3n) is 7.29. The van der Waals surface area contributed by atoms with Crippen LogP contribution in [0.2, 0.25) is 0 Å². The summed E-state index contributed by atoms with van der Waals surface area (Å²) in [4.78, 5) is 17.9. The summed E-state index contributed by atoms with van der Waals surface area (Å²) in [6.45, 7) is 5.84. The minimum atomic E-state index is 0.123. The molecular weight excluding hydrogens is 378 g/mol. The van der Waals surface area contributed by atoms with E-state index in [1.807, 2.05) is 12.1 Å². The van der Waals surface area contributed by atoms with Gasteiger partial charge in [-0.05, 0) is 49.9 Å². The Morgan fingerprint density at radius 2 is 1.83 bits per heavy atom. The van der Waals surface area contributed by atoms with E-state index in [1.165, 1.54) is 37.7 Å². The summed E-state index contributed by atoms with van der Waals surface area (Å²) < 4.78 is 10.9. The van der Waals surface area contributed by atoms with Crippen molar-refractivity contribution in [3.63, 3.8) is 0 Å². The number of amides is 1. The number of carbonyl (C=O) groups is 1. The lowest BCUT2D eigenvalue weighted by atomic mass is 9.79. The molecule has 0 bridgehead atoms. The van der Waals surface area contributed by atoms with Crippen LogP contribution in [0.3, 0.4) is 0 Å². The predicted molar refractivity (Wildman–Crippen MR) is 118 cm³/mol. The van der Waals surface area contributed by atoms with Crippen molar-refractivity contribution in [3.05, 3.63) is 29.8 Å². The molecule has 2 heterocycles. The van der Waals surface area contributed by atoms with Gasteiger partial charge in [-0.15, -0.1) is 0 Å². The monoisotopic (exact) mass is 415 g/mol. The van der Waals surface area contributed by atoms with E-state index in [0.717, 1.165) is 58.0 Å². The van der Waals surface area contributed by atoms with E-state index < -0.39 is 0 Å². The lowest BCUT2D eigenvalue weighted by Crippen LogP contribution is -2.60. The summed E-state index contributed by atoms with van der Waals surface area (Å²) >= 11 is 0. The summed E-state index contributed by atoms with van der Waals surface area (Å²) in [5.74, 6) is 1.04. The highest BCUT2D eigenvalue weighted by Gasteiger charge is 2.39. The molecule has 1 aromatic carbocycles. The van der Waals surface area contributed by atoms with E-state index in [2.05, 4.69) is 27.2 Å². The molecule has 4 rings (SSSR count). The van der Waals surface area contributed by atoms with Gasteiger partial charge in [0.25, 0.3) is 0 Å². The van der Waals surface area contributed by atoms with Crippen LogP contribution < -0.4 is 10.1 Å².